The molecule has 36 heavy (non-hydrogen) atoms. The molecule has 11 heteroatoms. The molecule has 212 valence electrons. The van der Waals surface area contributed by atoms with Crippen molar-refractivity contribution in [3.8, 4) is 0 Å². The van der Waals surface area contributed by atoms with Gasteiger partial charge in [0.15, 0.2) is 6.10 Å². The molecule has 0 amide bonds. The van der Waals surface area contributed by atoms with Gasteiger partial charge in [0, 0.05) is 12.8 Å². The Kier molecular flexibility index (Phi) is 22.1. The lowest BCUT2D eigenvalue weighted by atomic mass is 10.1. The summed E-state index contributed by atoms with van der Waals surface area (Å²) < 4.78 is 31.9. The molecule has 3 N–H and O–H groups in total. The van der Waals surface area contributed by atoms with E-state index >= 15 is 0 Å². The zero-order valence-corrected chi connectivity index (χ0v) is 22.9. The van der Waals surface area contributed by atoms with Crippen LogP contribution in [-0.4, -0.2) is 65.7 Å². The van der Waals surface area contributed by atoms with E-state index in [1.165, 1.54) is 0 Å². The molecule has 0 saturated carbocycles. The number of hydrogen-bond donors (Lipinski definition) is 3. The van der Waals surface area contributed by atoms with Crippen molar-refractivity contribution in [3.63, 3.8) is 0 Å². The quantitative estimate of drug-likeness (QED) is 0.0689. The first-order valence-electron chi connectivity index (χ1n) is 13.1. The third-order valence-electron chi connectivity index (χ3n) is 5.15. The van der Waals surface area contributed by atoms with E-state index in [-0.39, 0.29) is 19.4 Å². The average Bonchev–Trinajstić information content (AvgIpc) is 2.85. The van der Waals surface area contributed by atoms with Crippen molar-refractivity contribution in [2.75, 3.05) is 26.4 Å². The molecule has 0 rings (SSSR count). The lowest BCUT2D eigenvalue weighted by Crippen LogP contribution is -2.29. The van der Waals surface area contributed by atoms with Gasteiger partial charge >= 0.3 is 19.8 Å². The average molecular weight is 539 g/mol. The van der Waals surface area contributed by atoms with Crippen molar-refractivity contribution < 1.29 is 47.8 Å². The number of rotatable bonds is 24. The highest BCUT2D eigenvalue weighted by atomic mass is 31.2. The Balaban J connectivity index is 4.48. The van der Waals surface area contributed by atoms with E-state index in [4.69, 9.17) is 19.1 Å². The molecule has 0 saturated heterocycles. The van der Waals surface area contributed by atoms with E-state index in [1.54, 1.807) is 0 Å². The molecule has 0 heterocycles. The summed E-state index contributed by atoms with van der Waals surface area (Å²) >= 11 is 0. The summed E-state index contributed by atoms with van der Waals surface area (Å²) in [5.41, 5.74) is 0. The number of esters is 2. The molecule has 3 unspecified atom stereocenters. The van der Waals surface area contributed by atoms with E-state index in [9.17, 15) is 24.2 Å². The number of allylic oxidation sites excluding steroid dienone is 2. The van der Waals surface area contributed by atoms with Crippen LogP contribution in [0.4, 0.5) is 0 Å². The fourth-order valence-electron chi connectivity index (χ4n) is 3.05. The first-order valence-corrected chi connectivity index (χ1v) is 14.6. The molecule has 0 aliphatic rings. The maximum absolute atomic E-state index is 12.3. The molecule has 0 fully saturated rings. The van der Waals surface area contributed by atoms with Crippen molar-refractivity contribution in [1.29, 1.82) is 0 Å². The van der Waals surface area contributed by atoms with E-state index in [2.05, 4.69) is 23.6 Å². The standard InChI is InChI=1S/C25H47O10P/c1-3-5-7-8-9-10-11-12-13-15-17-25(29)35-23(20-32-24(28)16-14-6-4-2)21-34-36(30,31)33-19-22(27)18-26/h7-8,22-23,26-27H,3-6,9-21H2,1-2H3,(H,30,31)/b8-7-. The van der Waals surface area contributed by atoms with Crippen LogP contribution in [0.5, 0.6) is 0 Å². The number of aliphatic hydroxyl groups excluding tert-OH is 2. The van der Waals surface area contributed by atoms with Gasteiger partial charge in [-0.25, -0.2) is 4.57 Å². The molecule has 0 aromatic carbocycles. The number of phosphoric acid groups is 1. The number of carbonyl (C=O) groups is 2. The Morgan fingerprint density at radius 3 is 2.11 bits per heavy atom. The monoisotopic (exact) mass is 538 g/mol. The fourth-order valence-corrected chi connectivity index (χ4v) is 3.84. The molecule has 0 radical (unpaired) electrons. The van der Waals surface area contributed by atoms with Gasteiger partial charge in [-0.3, -0.25) is 18.6 Å². The Labute approximate surface area is 216 Å². The highest BCUT2D eigenvalue weighted by Crippen LogP contribution is 2.43. The first kappa shape index (κ1) is 34.7. The van der Waals surface area contributed by atoms with Crippen molar-refractivity contribution in [2.24, 2.45) is 0 Å². The van der Waals surface area contributed by atoms with Gasteiger partial charge in [-0.2, -0.15) is 0 Å². The minimum atomic E-state index is -4.58. The third kappa shape index (κ3) is 21.9. The van der Waals surface area contributed by atoms with Crippen molar-refractivity contribution >= 4 is 19.8 Å². The molecule has 10 nitrogen and oxygen atoms in total. The van der Waals surface area contributed by atoms with Crippen molar-refractivity contribution in [1.82, 2.24) is 0 Å². The molecule has 0 aromatic heterocycles. The number of hydrogen-bond acceptors (Lipinski definition) is 9. The lowest BCUT2D eigenvalue weighted by molar-refractivity contribution is -0.161. The summed E-state index contributed by atoms with van der Waals surface area (Å²) in [5.74, 6) is -0.971. The Morgan fingerprint density at radius 2 is 1.42 bits per heavy atom. The summed E-state index contributed by atoms with van der Waals surface area (Å²) in [7, 11) is -4.58. The van der Waals surface area contributed by atoms with Crippen molar-refractivity contribution in [3.05, 3.63) is 12.2 Å². The molecule has 0 aliphatic heterocycles. The predicted molar refractivity (Wildman–Crippen MR) is 136 cm³/mol. The molecule has 0 bridgehead atoms. The predicted octanol–water partition coefficient (Wildman–Crippen LogP) is 4.60. The zero-order valence-electron chi connectivity index (χ0n) is 22.0. The minimum Gasteiger partial charge on any atom is -0.462 e. The van der Waals surface area contributed by atoms with Gasteiger partial charge in [-0.15, -0.1) is 0 Å². The van der Waals surface area contributed by atoms with E-state index in [1.807, 2.05) is 6.92 Å². The molecular weight excluding hydrogens is 491 g/mol. The van der Waals surface area contributed by atoms with Crippen LogP contribution in [0.1, 0.15) is 97.3 Å². The Bertz CT molecular complexity index is 640. The second kappa shape index (κ2) is 22.9. The highest BCUT2D eigenvalue weighted by molar-refractivity contribution is 7.47. The van der Waals surface area contributed by atoms with Gasteiger partial charge in [0.2, 0.25) is 0 Å². The largest absolute Gasteiger partial charge is 0.472 e. The summed E-state index contributed by atoms with van der Waals surface area (Å²) in [5, 5.41) is 18.0. The topological polar surface area (TPSA) is 149 Å². The van der Waals surface area contributed by atoms with Crippen molar-refractivity contribution in [2.45, 2.75) is 110 Å². The summed E-state index contributed by atoms with van der Waals surface area (Å²) in [6.07, 6.45) is 13.0. The van der Waals surface area contributed by atoms with Gasteiger partial charge in [0.25, 0.3) is 0 Å². The van der Waals surface area contributed by atoms with E-state index < -0.39 is 51.8 Å². The van der Waals surface area contributed by atoms with Crippen LogP contribution in [0.2, 0.25) is 0 Å². The molecule has 0 aromatic rings. The second-order valence-electron chi connectivity index (χ2n) is 8.71. The molecule has 0 spiro atoms. The summed E-state index contributed by atoms with van der Waals surface area (Å²) in [6.45, 7) is 2.04. The normalized spacial score (nSPS) is 14.9. The number of phosphoric ester groups is 1. The van der Waals surface area contributed by atoms with Crippen LogP contribution in [0, 0.1) is 0 Å². The van der Waals surface area contributed by atoms with Crippen LogP contribution >= 0.6 is 7.82 Å². The number of aliphatic hydroxyl groups is 2. The van der Waals surface area contributed by atoms with E-state index in [0.29, 0.717) is 12.8 Å². The van der Waals surface area contributed by atoms with Gasteiger partial charge < -0.3 is 24.6 Å². The second-order valence-corrected chi connectivity index (χ2v) is 10.2. The maximum atomic E-state index is 12.3. The Morgan fingerprint density at radius 1 is 0.806 bits per heavy atom. The van der Waals surface area contributed by atoms with Crippen LogP contribution in [0.25, 0.3) is 0 Å². The highest BCUT2D eigenvalue weighted by Gasteiger charge is 2.27. The maximum Gasteiger partial charge on any atom is 0.472 e. The van der Waals surface area contributed by atoms with Crippen LogP contribution in [0.15, 0.2) is 12.2 Å². The van der Waals surface area contributed by atoms with Crippen LogP contribution in [-0.2, 0) is 32.7 Å². The fraction of sp³-hybridized carbons (Fsp3) is 0.840. The number of unbranched alkanes of at least 4 members (excludes halogenated alkanes) is 8. The smallest absolute Gasteiger partial charge is 0.462 e. The van der Waals surface area contributed by atoms with Gasteiger partial charge in [0.1, 0.15) is 12.7 Å². The van der Waals surface area contributed by atoms with Gasteiger partial charge in [-0.05, 0) is 32.1 Å². The minimum absolute atomic E-state index is 0.174. The van der Waals surface area contributed by atoms with Gasteiger partial charge in [-0.1, -0.05) is 64.5 Å². The van der Waals surface area contributed by atoms with E-state index in [0.717, 1.165) is 57.8 Å². The van der Waals surface area contributed by atoms with Crippen LogP contribution < -0.4 is 0 Å². The third-order valence-corrected chi connectivity index (χ3v) is 6.10. The van der Waals surface area contributed by atoms with Gasteiger partial charge in [0.05, 0.1) is 19.8 Å². The summed E-state index contributed by atoms with van der Waals surface area (Å²) in [4.78, 5) is 33.9. The molecule has 3 atom stereocenters. The molecular formula is C25H47O10P. The summed E-state index contributed by atoms with van der Waals surface area (Å²) in [6, 6.07) is 0. The lowest BCUT2D eigenvalue weighted by Gasteiger charge is -2.20. The first-order chi connectivity index (χ1) is 17.2. The molecule has 0 aliphatic carbocycles. The van der Waals surface area contributed by atoms with Crippen LogP contribution in [0.3, 0.4) is 0 Å². The Hall–Kier alpha value is -1.29. The number of carbonyl (C=O) groups excluding carboxylic acids is 2. The number of ether oxygens (including phenoxy) is 2. The zero-order chi connectivity index (χ0) is 27.1. The SMILES string of the molecule is CCC/C=C\CCCCCCCC(=O)OC(COC(=O)CCCCC)COP(=O)(O)OCC(O)CO.